The average Bonchev–Trinajstić information content (AvgIpc) is 2.39. The van der Waals surface area contributed by atoms with Gasteiger partial charge in [-0.1, -0.05) is 6.42 Å². The molecule has 2 aliphatic rings. The predicted molar refractivity (Wildman–Crippen MR) is 60.9 cm³/mol. The summed E-state index contributed by atoms with van der Waals surface area (Å²) in [6.07, 6.45) is 5.11. The van der Waals surface area contributed by atoms with Gasteiger partial charge < -0.3 is 10.2 Å². The predicted octanol–water partition coefficient (Wildman–Crippen LogP) is 1.34. The number of hydrogen-bond acceptors (Lipinski definition) is 2. The lowest BCUT2D eigenvalue weighted by atomic mass is 9.97. The third kappa shape index (κ3) is 2.73. The van der Waals surface area contributed by atoms with Gasteiger partial charge in [-0.2, -0.15) is 0 Å². The first-order valence-electron chi connectivity index (χ1n) is 6.39. The molecule has 4 heteroatoms. The van der Waals surface area contributed by atoms with E-state index in [1.165, 1.54) is 0 Å². The molecule has 0 aromatic rings. The Balaban J connectivity index is 1.87. The molecule has 2 saturated heterocycles. The second-order valence-corrected chi connectivity index (χ2v) is 4.95. The quantitative estimate of drug-likeness (QED) is 0.773. The second-order valence-electron chi connectivity index (χ2n) is 4.95. The van der Waals surface area contributed by atoms with Crippen molar-refractivity contribution in [2.75, 3.05) is 26.3 Å². The highest BCUT2D eigenvalue weighted by molar-refractivity contribution is 5.82. The van der Waals surface area contributed by atoms with E-state index in [2.05, 4.69) is 5.32 Å². The first-order valence-corrected chi connectivity index (χ1v) is 6.39. The molecule has 0 bridgehead atoms. The van der Waals surface area contributed by atoms with E-state index in [-0.39, 0.29) is 24.5 Å². The van der Waals surface area contributed by atoms with Crippen LogP contribution in [0.4, 0.5) is 4.39 Å². The molecule has 0 unspecified atom stereocenters. The van der Waals surface area contributed by atoms with E-state index in [0.717, 1.165) is 45.2 Å². The van der Waals surface area contributed by atoms with Crippen molar-refractivity contribution in [2.24, 2.45) is 5.92 Å². The van der Waals surface area contributed by atoms with Crippen LogP contribution in [-0.2, 0) is 4.79 Å². The Labute approximate surface area is 96.4 Å². The van der Waals surface area contributed by atoms with Gasteiger partial charge in [0.25, 0.3) is 0 Å². The van der Waals surface area contributed by atoms with Crippen LogP contribution in [-0.4, -0.2) is 43.2 Å². The van der Waals surface area contributed by atoms with E-state index in [0.29, 0.717) is 6.54 Å². The Morgan fingerprint density at radius 3 is 2.88 bits per heavy atom. The average molecular weight is 228 g/mol. The molecular formula is C12H21FN2O. The maximum atomic E-state index is 12.6. The Hall–Kier alpha value is -0.640. The molecular weight excluding hydrogens is 207 g/mol. The molecule has 2 rings (SSSR count). The molecule has 1 N–H and O–H groups in total. The summed E-state index contributed by atoms with van der Waals surface area (Å²) in [5.74, 6) is 0.263. The monoisotopic (exact) mass is 228 g/mol. The molecule has 0 radical (unpaired) electrons. The van der Waals surface area contributed by atoms with Crippen molar-refractivity contribution in [1.29, 1.82) is 0 Å². The van der Waals surface area contributed by atoms with E-state index in [4.69, 9.17) is 0 Å². The molecule has 0 spiro atoms. The number of carbonyl (C=O) groups excluding carboxylic acids is 1. The number of likely N-dealkylation sites (tertiary alicyclic amines) is 1. The topological polar surface area (TPSA) is 32.3 Å². The van der Waals surface area contributed by atoms with Crippen molar-refractivity contribution < 1.29 is 9.18 Å². The third-order valence-corrected chi connectivity index (χ3v) is 3.66. The molecule has 0 saturated carbocycles. The summed E-state index contributed by atoms with van der Waals surface area (Å²) in [6, 6.07) is -0.00730. The zero-order valence-corrected chi connectivity index (χ0v) is 9.75. The molecule has 2 aliphatic heterocycles. The van der Waals surface area contributed by atoms with Crippen LogP contribution in [0.2, 0.25) is 0 Å². The van der Waals surface area contributed by atoms with Crippen molar-refractivity contribution >= 4 is 5.91 Å². The molecule has 0 aliphatic carbocycles. The number of piperidine rings is 2. The zero-order valence-electron chi connectivity index (χ0n) is 9.75. The fraction of sp³-hybridized carbons (Fsp3) is 0.917. The third-order valence-electron chi connectivity index (χ3n) is 3.66. The van der Waals surface area contributed by atoms with Crippen molar-refractivity contribution in [3.8, 4) is 0 Å². The fourth-order valence-electron chi connectivity index (χ4n) is 2.67. The van der Waals surface area contributed by atoms with Gasteiger partial charge in [-0.25, -0.2) is 0 Å². The van der Waals surface area contributed by atoms with Gasteiger partial charge in [-0.3, -0.25) is 9.18 Å². The lowest BCUT2D eigenvalue weighted by molar-refractivity contribution is -0.136. The van der Waals surface area contributed by atoms with E-state index < -0.39 is 0 Å². The number of nitrogens with one attached hydrogen (secondary N) is 1. The summed E-state index contributed by atoms with van der Waals surface area (Å²) in [7, 11) is 0. The maximum absolute atomic E-state index is 12.6. The van der Waals surface area contributed by atoms with Crippen LogP contribution >= 0.6 is 0 Å². The van der Waals surface area contributed by atoms with Crippen LogP contribution in [0.3, 0.4) is 0 Å². The van der Waals surface area contributed by atoms with Crippen molar-refractivity contribution in [3.63, 3.8) is 0 Å². The Kier molecular flexibility index (Phi) is 4.16. The first kappa shape index (κ1) is 11.8. The minimum absolute atomic E-state index is 0.00730. The summed E-state index contributed by atoms with van der Waals surface area (Å²) in [6.45, 7) is 2.08. The van der Waals surface area contributed by atoms with Crippen LogP contribution in [0.5, 0.6) is 0 Å². The van der Waals surface area contributed by atoms with Crippen LogP contribution in [0, 0.1) is 5.92 Å². The SMILES string of the molecule is O=C([C@@H]1CCCCN1)N1CCC[C@@H](CF)C1. The first-order chi connectivity index (χ1) is 7.81. The van der Waals surface area contributed by atoms with Crippen molar-refractivity contribution in [3.05, 3.63) is 0 Å². The summed E-state index contributed by atoms with van der Waals surface area (Å²) >= 11 is 0. The van der Waals surface area contributed by atoms with Crippen molar-refractivity contribution in [1.82, 2.24) is 10.2 Å². The number of hydrogen-bond donors (Lipinski definition) is 1. The molecule has 2 fully saturated rings. The van der Waals surface area contributed by atoms with Gasteiger partial charge in [0, 0.05) is 19.0 Å². The molecule has 1 amide bonds. The van der Waals surface area contributed by atoms with Gasteiger partial charge in [0.2, 0.25) is 5.91 Å². The van der Waals surface area contributed by atoms with Gasteiger partial charge in [-0.05, 0) is 32.2 Å². The normalized spacial score (nSPS) is 31.4. The molecule has 2 atom stereocenters. The van der Waals surface area contributed by atoms with Gasteiger partial charge in [0.1, 0.15) is 0 Å². The smallest absolute Gasteiger partial charge is 0.239 e. The molecule has 92 valence electrons. The van der Waals surface area contributed by atoms with E-state index in [9.17, 15) is 9.18 Å². The van der Waals surface area contributed by atoms with Gasteiger partial charge in [-0.15, -0.1) is 0 Å². The van der Waals surface area contributed by atoms with E-state index >= 15 is 0 Å². The Morgan fingerprint density at radius 2 is 2.19 bits per heavy atom. The van der Waals surface area contributed by atoms with E-state index in [1.54, 1.807) is 0 Å². The van der Waals surface area contributed by atoms with Gasteiger partial charge >= 0.3 is 0 Å². The lowest BCUT2D eigenvalue weighted by Gasteiger charge is -2.35. The van der Waals surface area contributed by atoms with Crippen LogP contribution in [0.25, 0.3) is 0 Å². The lowest BCUT2D eigenvalue weighted by Crippen LogP contribution is -2.51. The highest BCUT2D eigenvalue weighted by atomic mass is 19.1. The van der Waals surface area contributed by atoms with Crippen molar-refractivity contribution in [2.45, 2.75) is 38.1 Å². The van der Waals surface area contributed by atoms with Gasteiger partial charge in [0.15, 0.2) is 0 Å². The standard InChI is InChI=1S/C12H21FN2O/c13-8-10-4-3-7-15(9-10)12(16)11-5-1-2-6-14-11/h10-11,14H,1-9H2/t10-,11-/m0/s1. The summed E-state index contributed by atoms with van der Waals surface area (Å²) in [5.41, 5.74) is 0. The highest BCUT2D eigenvalue weighted by Crippen LogP contribution is 2.19. The molecule has 3 nitrogen and oxygen atoms in total. The summed E-state index contributed by atoms with van der Waals surface area (Å²) < 4.78 is 12.6. The fourth-order valence-corrected chi connectivity index (χ4v) is 2.67. The number of rotatable bonds is 2. The second kappa shape index (κ2) is 5.62. The van der Waals surface area contributed by atoms with Crippen LogP contribution in [0.15, 0.2) is 0 Å². The molecule has 16 heavy (non-hydrogen) atoms. The minimum Gasteiger partial charge on any atom is -0.341 e. The Bertz CT molecular complexity index is 241. The highest BCUT2D eigenvalue weighted by Gasteiger charge is 2.29. The molecule has 2 heterocycles. The Morgan fingerprint density at radius 1 is 1.31 bits per heavy atom. The minimum atomic E-state index is -0.290. The summed E-state index contributed by atoms with van der Waals surface area (Å²) in [5, 5.41) is 3.26. The van der Waals surface area contributed by atoms with Gasteiger partial charge in [0.05, 0.1) is 12.7 Å². The zero-order chi connectivity index (χ0) is 11.4. The number of amides is 1. The number of carbonyl (C=O) groups is 1. The number of nitrogens with zero attached hydrogens (tertiary/aromatic N) is 1. The van der Waals surface area contributed by atoms with E-state index in [1.807, 2.05) is 4.90 Å². The largest absolute Gasteiger partial charge is 0.341 e. The molecule has 0 aromatic heterocycles. The number of halogens is 1. The maximum Gasteiger partial charge on any atom is 0.239 e. The van der Waals surface area contributed by atoms with Crippen LogP contribution < -0.4 is 5.32 Å². The van der Waals surface area contributed by atoms with Crippen LogP contribution in [0.1, 0.15) is 32.1 Å². The number of alkyl halides is 1. The summed E-state index contributed by atoms with van der Waals surface area (Å²) in [4.78, 5) is 14.0. The molecule has 0 aromatic carbocycles.